The Labute approximate surface area is 254 Å². The number of carbonyl (C=O) groups excluding carboxylic acids is 2. The van der Waals surface area contributed by atoms with Crippen LogP contribution in [0.25, 0.3) is 11.5 Å². The Balaban J connectivity index is 0. The molecule has 0 radical (unpaired) electrons. The van der Waals surface area contributed by atoms with Crippen LogP contribution in [0, 0.1) is 0 Å². The van der Waals surface area contributed by atoms with Crippen molar-refractivity contribution in [1.82, 2.24) is 0 Å². The molecule has 0 heterocycles. The van der Waals surface area contributed by atoms with Crippen molar-refractivity contribution in [2.75, 3.05) is 0 Å². The minimum Gasteiger partial charge on any atom is -0.698 e. The molecule has 16 heteroatoms. The van der Waals surface area contributed by atoms with Crippen LogP contribution >= 0.6 is 0 Å². The average molecular weight is 672 g/mol. The number of ketones is 2. The van der Waals surface area contributed by atoms with Gasteiger partial charge in [0.15, 0.2) is 11.6 Å². The Morgan fingerprint density at radius 2 is 0.810 bits per heavy atom. The summed E-state index contributed by atoms with van der Waals surface area (Å²) in [6, 6.07) is 23.0. The predicted molar refractivity (Wildman–Crippen MR) is 151 cm³/mol. The summed E-state index contributed by atoms with van der Waals surface area (Å²) in [6.45, 7) is 0. The van der Waals surface area contributed by atoms with Crippen LogP contribution in [0.2, 0.25) is 0 Å². The summed E-state index contributed by atoms with van der Waals surface area (Å²) < 4.78 is 62.1. The Hall–Kier alpha value is -3.86. The minimum absolute atomic E-state index is 0. The van der Waals surface area contributed by atoms with Gasteiger partial charge in [0.25, 0.3) is 20.2 Å². The van der Waals surface area contributed by atoms with E-state index in [1.165, 1.54) is 12.1 Å². The molecular weight excluding hydrogens is 646 g/mol. The summed E-state index contributed by atoms with van der Waals surface area (Å²) in [5.74, 6) is -0.924. The summed E-state index contributed by atoms with van der Waals surface area (Å²) >= 11 is 0. The molecule has 0 saturated heterocycles. The number of rotatable bonds is 6. The zero-order valence-corrected chi connectivity index (χ0v) is 26.2. The van der Waals surface area contributed by atoms with Crippen molar-refractivity contribution >= 4 is 43.2 Å². The largest absolute Gasteiger partial charge is 2.00 e. The molecular formula is C26H26N2O11S2Zn. The van der Waals surface area contributed by atoms with Gasteiger partial charge in [-0.3, -0.25) is 18.7 Å². The Kier molecular flexibility index (Phi) is 15.9. The van der Waals surface area contributed by atoms with E-state index < -0.39 is 41.6 Å². The van der Waals surface area contributed by atoms with Gasteiger partial charge in [-0.15, -0.1) is 11.4 Å². The standard InChI is InChI=1S/2C13H11NO4S.3H2O.Zn/c2*14-12-7-6-10(19(16,17)18)8-11(12)13(15)9-4-2-1-3-5-9;;;;/h2*1-8H,(H3,14,15,16,17,18);3*1H2;/q;;;;;+2/p-2. The molecule has 0 amide bonds. The third kappa shape index (κ3) is 10.2. The van der Waals surface area contributed by atoms with Crippen LogP contribution in [-0.4, -0.2) is 53.9 Å². The van der Waals surface area contributed by atoms with Gasteiger partial charge in [0.1, 0.15) is 0 Å². The molecule has 0 aliphatic carbocycles. The van der Waals surface area contributed by atoms with Crippen molar-refractivity contribution in [2.24, 2.45) is 0 Å². The van der Waals surface area contributed by atoms with Crippen LogP contribution < -0.4 is 0 Å². The van der Waals surface area contributed by atoms with Crippen LogP contribution in [-0.2, 0) is 39.7 Å². The maximum absolute atomic E-state index is 12.1. The number of carbonyl (C=O) groups is 2. The van der Waals surface area contributed by atoms with E-state index in [0.717, 1.165) is 24.3 Å². The first-order valence-corrected chi connectivity index (χ1v) is 13.5. The van der Waals surface area contributed by atoms with E-state index in [4.69, 9.17) is 20.6 Å². The second-order valence-corrected chi connectivity index (χ2v) is 10.6. The molecule has 0 atom stereocenters. The first-order valence-electron chi connectivity index (χ1n) is 10.6. The maximum atomic E-state index is 12.1. The molecule has 4 rings (SSSR count). The fourth-order valence-electron chi connectivity index (χ4n) is 3.23. The predicted octanol–water partition coefficient (Wildman–Crippen LogP) is 3.22. The van der Waals surface area contributed by atoms with E-state index in [-0.39, 0.29) is 58.4 Å². The summed E-state index contributed by atoms with van der Waals surface area (Å²) in [6.07, 6.45) is 0. The summed E-state index contributed by atoms with van der Waals surface area (Å²) in [7, 11) is -8.79. The molecule has 13 nitrogen and oxygen atoms in total. The molecule has 0 aliphatic heterocycles. The molecule has 0 unspecified atom stereocenters. The van der Waals surface area contributed by atoms with Crippen LogP contribution in [0.5, 0.6) is 0 Å². The molecule has 10 N–H and O–H groups in total. The molecule has 0 aliphatic rings. The van der Waals surface area contributed by atoms with Gasteiger partial charge in [-0.2, -0.15) is 16.8 Å². The number of nitrogens with one attached hydrogen (secondary N) is 2. The van der Waals surface area contributed by atoms with Crippen LogP contribution in [0.4, 0.5) is 11.4 Å². The van der Waals surface area contributed by atoms with Crippen LogP contribution in [0.3, 0.4) is 0 Å². The van der Waals surface area contributed by atoms with E-state index in [2.05, 4.69) is 0 Å². The second-order valence-electron chi connectivity index (χ2n) is 7.76. The molecule has 4 aromatic carbocycles. The topological polar surface area (TPSA) is 285 Å². The number of benzene rings is 4. The van der Waals surface area contributed by atoms with Crippen LogP contribution in [0.15, 0.2) is 107 Å². The smallest absolute Gasteiger partial charge is 0.698 e. The Morgan fingerprint density at radius 1 is 0.524 bits per heavy atom. The minimum atomic E-state index is -4.39. The Bertz CT molecular complexity index is 1590. The summed E-state index contributed by atoms with van der Waals surface area (Å²) in [4.78, 5) is 23.5. The third-order valence-corrected chi connectivity index (χ3v) is 6.84. The van der Waals surface area contributed by atoms with Gasteiger partial charge in [-0.25, -0.2) is 0 Å². The maximum Gasteiger partial charge on any atom is 2.00 e. The van der Waals surface area contributed by atoms with E-state index in [9.17, 15) is 26.4 Å². The van der Waals surface area contributed by atoms with Gasteiger partial charge >= 0.3 is 19.5 Å². The quantitative estimate of drug-likeness (QED) is 0.174. The average Bonchev–Trinajstić information content (AvgIpc) is 2.88. The van der Waals surface area contributed by atoms with Gasteiger partial charge in [-0.1, -0.05) is 72.8 Å². The first-order chi connectivity index (χ1) is 17.8. The van der Waals surface area contributed by atoms with E-state index >= 15 is 0 Å². The van der Waals surface area contributed by atoms with Crippen molar-refractivity contribution in [1.29, 1.82) is 0 Å². The van der Waals surface area contributed by atoms with E-state index in [1.807, 2.05) is 0 Å². The monoisotopic (exact) mass is 670 g/mol. The number of hydrogen-bond donors (Lipinski definition) is 2. The fraction of sp³-hybridized carbons (Fsp3) is 0. The van der Waals surface area contributed by atoms with Gasteiger partial charge in [0.2, 0.25) is 0 Å². The SMILES string of the molecule is O.O.O.[NH-]c1ccc(S(=O)(=O)O)cc1C(=O)c1ccccc1.[NH-]c1ccc(S(=O)(=O)O)cc1C(=O)c1ccccc1.[Zn+2]. The van der Waals surface area contributed by atoms with Gasteiger partial charge in [-0.05, 0) is 24.3 Å². The molecule has 0 aromatic heterocycles. The van der Waals surface area contributed by atoms with Crippen molar-refractivity contribution in [2.45, 2.75) is 9.79 Å². The third-order valence-electron chi connectivity index (χ3n) is 5.14. The van der Waals surface area contributed by atoms with Crippen LogP contribution in [0.1, 0.15) is 31.8 Å². The molecule has 0 bridgehead atoms. The first kappa shape index (κ1) is 40.3. The zero-order chi connectivity index (χ0) is 28.1. The fourth-order valence-corrected chi connectivity index (χ4v) is 4.25. The molecule has 42 heavy (non-hydrogen) atoms. The molecule has 0 fully saturated rings. The van der Waals surface area contributed by atoms with Crippen molar-refractivity contribution in [3.8, 4) is 0 Å². The summed E-state index contributed by atoms with van der Waals surface area (Å²) in [5.41, 5.74) is 15.7. The summed E-state index contributed by atoms with van der Waals surface area (Å²) in [5, 5.41) is 0. The molecule has 0 spiro atoms. The Morgan fingerprint density at radius 3 is 1.07 bits per heavy atom. The molecule has 4 aromatic rings. The van der Waals surface area contributed by atoms with Gasteiger partial charge in [0.05, 0.1) is 9.79 Å². The van der Waals surface area contributed by atoms with Crippen molar-refractivity contribution in [3.63, 3.8) is 0 Å². The van der Waals surface area contributed by atoms with Gasteiger partial charge < -0.3 is 27.9 Å². The number of hydrogen-bond acceptors (Lipinski definition) is 6. The van der Waals surface area contributed by atoms with Crippen molar-refractivity contribution < 1.29 is 71.4 Å². The molecule has 0 saturated carbocycles. The van der Waals surface area contributed by atoms with Gasteiger partial charge in [0, 0.05) is 22.3 Å². The van der Waals surface area contributed by atoms with E-state index in [1.54, 1.807) is 60.7 Å². The molecule has 220 valence electrons. The normalized spacial score (nSPS) is 10.1. The van der Waals surface area contributed by atoms with E-state index in [0.29, 0.717) is 11.1 Å². The van der Waals surface area contributed by atoms with Crippen molar-refractivity contribution in [3.05, 3.63) is 131 Å². The second kappa shape index (κ2) is 16.6. The zero-order valence-electron chi connectivity index (χ0n) is 21.6.